The first-order chi connectivity index (χ1) is 26.4. The maximum atomic E-state index is 15.0. The van der Waals surface area contributed by atoms with Crippen LogP contribution in [0.3, 0.4) is 0 Å². The first-order valence-corrected chi connectivity index (χ1v) is 21.2. The molecule has 4 aliphatic carbocycles. The van der Waals surface area contributed by atoms with Crippen molar-refractivity contribution in [2.45, 2.75) is 132 Å². The number of aliphatic hydroxyl groups excluding tert-OH is 1. The number of benzene rings is 3. The first kappa shape index (κ1) is 36.0. The molecule has 2 bridgehead atoms. The molecule has 286 valence electrons. The molecule has 6 aliphatic rings. The van der Waals surface area contributed by atoms with E-state index in [1.807, 2.05) is 6.07 Å². The van der Waals surface area contributed by atoms with Crippen molar-refractivity contribution in [2.75, 3.05) is 19.6 Å². The monoisotopic (exact) mass is 730 g/mol. The Hall–Kier alpha value is -3.68. The number of rotatable bonds is 13. The molecule has 1 N–H and O–H groups in total. The number of ether oxygens (including phenoxy) is 2. The Balaban J connectivity index is 1.07. The summed E-state index contributed by atoms with van der Waals surface area (Å²) in [6.07, 6.45) is 14.9. The Kier molecular flexibility index (Phi) is 10.1. The molecule has 2 aliphatic heterocycles. The van der Waals surface area contributed by atoms with Gasteiger partial charge in [-0.3, -0.25) is 14.5 Å². The second-order valence-electron chi connectivity index (χ2n) is 17.6. The zero-order valence-corrected chi connectivity index (χ0v) is 32.0. The van der Waals surface area contributed by atoms with E-state index in [-0.39, 0.29) is 41.5 Å². The topological polar surface area (TPSA) is 79.3 Å². The number of unbranched alkanes of at least 4 members (excludes halogenated alkanes) is 1. The molecule has 2 unspecified atom stereocenters. The van der Waals surface area contributed by atoms with E-state index in [4.69, 9.17) is 9.47 Å². The quantitative estimate of drug-likeness (QED) is 0.109. The number of carbonyl (C=O) groups excluding carboxylic acids is 2. The number of amides is 1. The van der Waals surface area contributed by atoms with Crippen LogP contribution in [0, 0.1) is 17.8 Å². The molecule has 1 saturated heterocycles. The van der Waals surface area contributed by atoms with Crippen molar-refractivity contribution in [2.24, 2.45) is 17.8 Å². The fourth-order valence-corrected chi connectivity index (χ4v) is 11.8. The van der Waals surface area contributed by atoms with E-state index in [1.165, 1.54) is 67.7 Å². The van der Waals surface area contributed by atoms with Gasteiger partial charge in [0.15, 0.2) is 11.5 Å². The van der Waals surface area contributed by atoms with Gasteiger partial charge < -0.3 is 19.5 Å². The number of esters is 1. The van der Waals surface area contributed by atoms with Crippen LogP contribution in [-0.4, -0.2) is 70.7 Å². The smallest absolute Gasteiger partial charge is 0.308 e. The Bertz CT molecular complexity index is 1770. The van der Waals surface area contributed by atoms with Crippen LogP contribution in [0.1, 0.15) is 119 Å². The minimum Gasteiger partial charge on any atom is -0.483 e. The Morgan fingerprint density at radius 1 is 0.944 bits per heavy atom. The van der Waals surface area contributed by atoms with Crippen molar-refractivity contribution in [3.8, 4) is 11.5 Å². The average molecular weight is 731 g/mol. The van der Waals surface area contributed by atoms with E-state index < -0.39 is 0 Å². The highest BCUT2D eigenvalue weighted by molar-refractivity contribution is 5.77. The van der Waals surface area contributed by atoms with E-state index in [2.05, 4.69) is 76.5 Å². The molecular weight excluding hydrogens is 673 g/mol. The van der Waals surface area contributed by atoms with Gasteiger partial charge in [-0.05, 0) is 79.7 Å². The molecule has 3 saturated carbocycles. The van der Waals surface area contributed by atoms with Gasteiger partial charge >= 0.3 is 5.97 Å². The lowest BCUT2D eigenvalue weighted by Crippen LogP contribution is -2.69. The van der Waals surface area contributed by atoms with E-state index in [1.54, 1.807) is 0 Å². The summed E-state index contributed by atoms with van der Waals surface area (Å²) < 4.78 is 13.1. The van der Waals surface area contributed by atoms with Crippen molar-refractivity contribution in [1.82, 2.24) is 9.80 Å². The molecule has 2 heterocycles. The molecule has 3 aromatic carbocycles. The fraction of sp³-hybridized carbons (Fsp3) is 0.574. The summed E-state index contributed by atoms with van der Waals surface area (Å²) in [5, 5.41) is 10.3. The van der Waals surface area contributed by atoms with E-state index in [0.29, 0.717) is 36.6 Å². The SMILES string of the molecule is CC(=O)Oc1ccc2c3c1O[C@H]1[C@H](N(CC(c4ccccc4)c4ccccc4)C(=O)CCCCC4CCCCC4)CC[C@H]4[C@@H](C2)N(CC2CC2O)CC[C@@]341. The van der Waals surface area contributed by atoms with Gasteiger partial charge in [-0.15, -0.1) is 0 Å². The minimum absolute atomic E-state index is 0.0238. The number of hydrogen-bond acceptors (Lipinski definition) is 6. The predicted molar refractivity (Wildman–Crippen MR) is 210 cm³/mol. The molecule has 0 radical (unpaired) electrons. The van der Waals surface area contributed by atoms with E-state index >= 15 is 0 Å². The molecule has 1 spiro atoms. The van der Waals surface area contributed by atoms with Gasteiger partial charge in [0.2, 0.25) is 5.91 Å². The van der Waals surface area contributed by atoms with Gasteiger partial charge in [-0.25, -0.2) is 0 Å². The van der Waals surface area contributed by atoms with Crippen molar-refractivity contribution < 1.29 is 24.2 Å². The summed E-state index contributed by atoms with van der Waals surface area (Å²) in [6, 6.07) is 25.8. The zero-order chi connectivity index (χ0) is 36.8. The normalized spacial score (nSPS) is 29.7. The van der Waals surface area contributed by atoms with Gasteiger partial charge in [-0.2, -0.15) is 0 Å². The van der Waals surface area contributed by atoms with Gasteiger partial charge in [0.05, 0.1) is 12.1 Å². The Morgan fingerprint density at radius 3 is 2.35 bits per heavy atom. The number of piperidine rings is 1. The highest BCUT2D eigenvalue weighted by Gasteiger charge is 2.67. The minimum atomic E-state index is -0.347. The number of aliphatic hydroxyl groups is 1. The summed E-state index contributed by atoms with van der Waals surface area (Å²) in [5.41, 5.74) is 4.70. The summed E-state index contributed by atoms with van der Waals surface area (Å²) in [4.78, 5) is 32.3. The van der Waals surface area contributed by atoms with Gasteiger partial charge in [0, 0.05) is 55.3 Å². The fourth-order valence-electron chi connectivity index (χ4n) is 11.8. The van der Waals surface area contributed by atoms with Crippen molar-refractivity contribution in [3.63, 3.8) is 0 Å². The standard InChI is InChI=1S/C47H58N2O5/c1-31(50)53-42-24-21-35-27-40-38-22-23-39(46-47(38,44(35)45(42)54-46)25-26-48(40)29-36-28-41(36)51)49(43(52)20-12-11-15-32-13-5-2-6-14-32)30-37(33-16-7-3-8-17-33)34-18-9-4-10-19-34/h3-4,7-10,16-19,21,24,32,36-41,46,51H,2,5-6,11-15,20,22-23,25-30H2,1H3/t36?,38-,39+,40+,41?,46-,47-/m0/s1. The van der Waals surface area contributed by atoms with E-state index in [0.717, 1.165) is 69.7 Å². The highest BCUT2D eigenvalue weighted by atomic mass is 16.6. The van der Waals surface area contributed by atoms with Crippen LogP contribution >= 0.6 is 0 Å². The van der Waals surface area contributed by atoms with Crippen LogP contribution in [0.5, 0.6) is 11.5 Å². The van der Waals surface area contributed by atoms with Crippen molar-refractivity contribution in [3.05, 3.63) is 95.1 Å². The molecule has 9 rings (SSSR count). The largest absolute Gasteiger partial charge is 0.483 e. The van der Waals surface area contributed by atoms with E-state index in [9.17, 15) is 14.7 Å². The van der Waals surface area contributed by atoms with Crippen molar-refractivity contribution in [1.29, 1.82) is 0 Å². The second-order valence-corrected chi connectivity index (χ2v) is 17.6. The third-order valence-electron chi connectivity index (χ3n) is 14.5. The first-order valence-electron chi connectivity index (χ1n) is 21.2. The molecule has 7 atom stereocenters. The molecule has 7 nitrogen and oxygen atoms in total. The average Bonchev–Trinajstić information content (AvgIpc) is 3.78. The molecular formula is C47H58N2O5. The number of carbonyl (C=O) groups is 2. The zero-order valence-electron chi connectivity index (χ0n) is 32.0. The van der Waals surface area contributed by atoms with Crippen LogP contribution in [0.15, 0.2) is 72.8 Å². The predicted octanol–water partition coefficient (Wildman–Crippen LogP) is 8.20. The number of nitrogens with zero attached hydrogens (tertiary/aromatic N) is 2. The lowest BCUT2D eigenvalue weighted by atomic mass is 9.51. The Labute approximate surface area is 321 Å². The molecule has 54 heavy (non-hydrogen) atoms. The number of likely N-dealkylation sites (tertiary alicyclic amines) is 1. The highest BCUT2D eigenvalue weighted by Crippen LogP contribution is 2.64. The second kappa shape index (κ2) is 15.1. The van der Waals surface area contributed by atoms with Gasteiger partial charge in [0.25, 0.3) is 0 Å². The summed E-state index contributed by atoms with van der Waals surface area (Å²) >= 11 is 0. The number of hydrogen-bond donors (Lipinski definition) is 1. The van der Waals surface area contributed by atoms with Crippen LogP contribution in [0.4, 0.5) is 0 Å². The summed E-state index contributed by atoms with van der Waals surface area (Å²) in [6.45, 7) is 3.94. The Morgan fingerprint density at radius 2 is 1.67 bits per heavy atom. The molecule has 0 aromatic heterocycles. The molecule has 1 amide bonds. The summed E-state index contributed by atoms with van der Waals surface area (Å²) in [5.74, 6) is 2.72. The lowest BCUT2D eigenvalue weighted by molar-refractivity contribution is -0.143. The van der Waals surface area contributed by atoms with Crippen LogP contribution in [-0.2, 0) is 21.4 Å². The maximum Gasteiger partial charge on any atom is 0.308 e. The van der Waals surface area contributed by atoms with Crippen LogP contribution in [0.2, 0.25) is 0 Å². The van der Waals surface area contributed by atoms with Crippen molar-refractivity contribution >= 4 is 11.9 Å². The molecule has 7 heteroatoms. The third kappa shape index (κ3) is 6.67. The summed E-state index contributed by atoms with van der Waals surface area (Å²) in [7, 11) is 0. The molecule has 4 fully saturated rings. The lowest BCUT2D eigenvalue weighted by Gasteiger charge is -2.60. The van der Waals surface area contributed by atoms with Gasteiger partial charge in [0.1, 0.15) is 6.10 Å². The van der Waals surface area contributed by atoms with Gasteiger partial charge in [-0.1, -0.05) is 112 Å². The van der Waals surface area contributed by atoms with Crippen LogP contribution in [0.25, 0.3) is 0 Å². The molecule has 3 aromatic rings. The third-order valence-corrected chi connectivity index (χ3v) is 14.5. The van der Waals surface area contributed by atoms with Crippen LogP contribution < -0.4 is 9.47 Å². The maximum absolute atomic E-state index is 15.0.